The van der Waals surface area contributed by atoms with Gasteiger partial charge in [0.25, 0.3) is 0 Å². The molecule has 208 valence electrons. The minimum Gasteiger partial charge on any atom is -0.264 e. The smallest absolute Gasteiger partial charge is 0.166 e. The summed E-state index contributed by atoms with van der Waals surface area (Å²) in [7, 11) is 0. The van der Waals surface area contributed by atoms with Gasteiger partial charge in [-0.05, 0) is 65.3 Å². The summed E-state index contributed by atoms with van der Waals surface area (Å²) in [6, 6.07) is 36.4. The molecule has 2 heterocycles. The Labute approximate surface area is 252 Å². The van der Waals surface area contributed by atoms with Crippen LogP contribution in [-0.4, -0.2) is 19.9 Å². The zero-order valence-corrected chi connectivity index (χ0v) is 24.3. The topological polar surface area (TPSA) is 51.6 Å². The summed E-state index contributed by atoms with van der Waals surface area (Å²) in [6.45, 7) is 2.22. The molecule has 0 atom stereocenters. The standard InChI is InChI=1S/C39H32N4/c1-26-15-17-31-32-18-16-29(24-35(32)39(34(31)23-26)20-9-4-10-21-39)30-19-22-40-25-33(30)38-42-36(27-11-5-2-6-12-27)41-37(43-38)28-13-7-3-8-14-28/h2-3,5-8,11-19,22-25H,4,9-10,20-21H2,1H3. The highest BCUT2D eigenvalue weighted by Crippen LogP contribution is 2.56. The van der Waals surface area contributed by atoms with Crippen molar-refractivity contribution in [2.45, 2.75) is 44.4 Å². The third-order valence-corrected chi connectivity index (χ3v) is 9.30. The number of hydrogen-bond acceptors (Lipinski definition) is 4. The predicted octanol–water partition coefficient (Wildman–Crippen LogP) is 9.47. The van der Waals surface area contributed by atoms with Crippen molar-refractivity contribution in [1.82, 2.24) is 19.9 Å². The molecular formula is C39H32N4. The van der Waals surface area contributed by atoms with Crippen molar-refractivity contribution >= 4 is 0 Å². The van der Waals surface area contributed by atoms with Crippen molar-refractivity contribution in [1.29, 1.82) is 0 Å². The van der Waals surface area contributed by atoms with Crippen LogP contribution in [0, 0.1) is 6.92 Å². The van der Waals surface area contributed by atoms with Gasteiger partial charge in [-0.15, -0.1) is 0 Å². The molecule has 4 nitrogen and oxygen atoms in total. The fourth-order valence-electron chi connectivity index (χ4n) is 7.22. The van der Waals surface area contributed by atoms with E-state index in [9.17, 15) is 0 Å². The second-order valence-corrected chi connectivity index (χ2v) is 11.9. The maximum absolute atomic E-state index is 5.02. The minimum absolute atomic E-state index is 0.0895. The van der Waals surface area contributed by atoms with E-state index in [1.807, 2.05) is 73.1 Å². The molecule has 2 aliphatic rings. The Hall–Kier alpha value is -4.96. The van der Waals surface area contributed by atoms with Gasteiger partial charge >= 0.3 is 0 Å². The van der Waals surface area contributed by atoms with Crippen molar-refractivity contribution in [2.75, 3.05) is 0 Å². The van der Waals surface area contributed by atoms with Crippen molar-refractivity contribution in [3.05, 3.63) is 132 Å². The second-order valence-electron chi connectivity index (χ2n) is 11.9. The zero-order valence-electron chi connectivity index (χ0n) is 24.3. The molecule has 0 bridgehead atoms. The summed E-state index contributed by atoms with van der Waals surface area (Å²) in [5.41, 5.74) is 12.3. The Morgan fingerprint density at radius 2 is 1.12 bits per heavy atom. The molecule has 0 saturated heterocycles. The summed E-state index contributed by atoms with van der Waals surface area (Å²) in [5.74, 6) is 1.93. The zero-order chi connectivity index (χ0) is 28.8. The van der Waals surface area contributed by atoms with Gasteiger partial charge < -0.3 is 0 Å². The second kappa shape index (κ2) is 10.4. The van der Waals surface area contributed by atoms with Gasteiger partial charge in [0, 0.05) is 34.5 Å². The molecule has 6 aromatic rings. The molecule has 0 aliphatic heterocycles. The van der Waals surface area contributed by atoms with Gasteiger partial charge in [0.15, 0.2) is 17.5 Å². The van der Waals surface area contributed by atoms with Crippen LogP contribution in [0.3, 0.4) is 0 Å². The Bertz CT molecular complexity index is 1900. The first-order chi connectivity index (χ1) is 21.2. The number of hydrogen-bond donors (Lipinski definition) is 0. The number of pyridine rings is 1. The molecule has 0 amide bonds. The summed E-state index contributed by atoms with van der Waals surface area (Å²) in [6.07, 6.45) is 10.0. The monoisotopic (exact) mass is 556 g/mol. The first kappa shape index (κ1) is 25.7. The average Bonchev–Trinajstić information content (AvgIpc) is 3.33. The average molecular weight is 557 g/mol. The molecule has 0 radical (unpaired) electrons. The lowest BCUT2D eigenvalue weighted by molar-refractivity contribution is 0.353. The van der Waals surface area contributed by atoms with Gasteiger partial charge in [0.2, 0.25) is 0 Å². The lowest BCUT2D eigenvalue weighted by atomic mass is 9.67. The van der Waals surface area contributed by atoms with Crippen LogP contribution in [0.25, 0.3) is 56.4 Å². The van der Waals surface area contributed by atoms with Crippen LogP contribution in [0.4, 0.5) is 0 Å². The summed E-state index contributed by atoms with van der Waals surface area (Å²) in [5, 5.41) is 0. The Balaban J connectivity index is 1.30. The maximum Gasteiger partial charge on any atom is 0.166 e. The van der Waals surface area contributed by atoms with Crippen LogP contribution in [-0.2, 0) is 5.41 Å². The molecule has 1 fully saturated rings. The Kier molecular flexibility index (Phi) is 6.22. The molecule has 4 heteroatoms. The van der Waals surface area contributed by atoms with E-state index in [0.29, 0.717) is 17.5 Å². The van der Waals surface area contributed by atoms with Crippen LogP contribution >= 0.6 is 0 Å². The molecule has 2 aliphatic carbocycles. The van der Waals surface area contributed by atoms with E-state index in [0.717, 1.165) is 22.3 Å². The quantitative estimate of drug-likeness (QED) is 0.217. The molecule has 0 unspecified atom stereocenters. The van der Waals surface area contributed by atoms with E-state index in [1.165, 1.54) is 65.5 Å². The van der Waals surface area contributed by atoms with Crippen molar-refractivity contribution in [3.63, 3.8) is 0 Å². The van der Waals surface area contributed by atoms with Gasteiger partial charge in [-0.1, -0.05) is 116 Å². The lowest BCUT2D eigenvalue weighted by Gasteiger charge is -2.36. The fourth-order valence-corrected chi connectivity index (χ4v) is 7.22. The predicted molar refractivity (Wildman–Crippen MR) is 173 cm³/mol. The van der Waals surface area contributed by atoms with Crippen LogP contribution in [0.15, 0.2) is 116 Å². The third-order valence-electron chi connectivity index (χ3n) is 9.30. The van der Waals surface area contributed by atoms with Gasteiger partial charge in [-0.2, -0.15) is 0 Å². The number of nitrogens with zero attached hydrogens (tertiary/aromatic N) is 4. The van der Waals surface area contributed by atoms with E-state index in [-0.39, 0.29) is 5.41 Å². The largest absolute Gasteiger partial charge is 0.264 e. The van der Waals surface area contributed by atoms with E-state index in [4.69, 9.17) is 15.0 Å². The van der Waals surface area contributed by atoms with Gasteiger partial charge in [0.05, 0.1) is 0 Å². The number of fused-ring (bicyclic) bond motifs is 5. The van der Waals surface area contributed by atoms with Crippen molar-refractivity contribution < 1.29 is 0 Å². The first-order valence-corrected chi connectivity index (χ1v) is 15.3. The molecule has 0 N–H and O–H groups in total. The van der Waals surface area contributed by atoms with Crippen LogP contribution in [0.1, 0.15) is 48.8 Å². The minimum atomic E-state index is 0.0895. The molecule has 1 spiro atoms. The summed E-state index contributed by atoms with van der Waals surface area (Å²) >= 11 is 0. The third kappa shape index (κ3) is 4.37. The summed E-state index contributed by atoms with van der Waals surface area (Å²) < 4.78 is 0. The number of rotatable bonds is 4. The molecular weight excluding hydrogens is 524 g/mol. The van der Waals surface area contributed by atoms with Crippen LogP contribution in [0.5, 0.6) is 0 Å². The number of benzene rings is 4. The summed E-state index contributed by atoms with van der Waals surface area (Å²) in [4.78, 5) is 19.5. The van der Waals surface area contributed by atoms with Crippen molar-refractivity contribution in [3.8, 4) is 56.4 Å². The molecule has 8 rings (SSSR count). The highest BCUT2D eigenvalue weighted by atomic mass is 15.0. The maximum atomic E-state index is 5.02. The van der Waals surface area contributed by atoms with E-state index < -0.39 is 0 Å². The van der Waals surface area contributed by atoms with E-state index >= 15 is 0 Å². The first-order valence-electron chi connectivity index (χ1n) is 15.3. The Morgan fingerprint density at radius 1 is 0.512 bits per heavy atom. The van der Waals surface area contributed by atoms with Gasteiger partial charge in [-0.3, -0.25) is 4.98 Å². The van der Waals surface area contributed by atoms with E-state index in [2.05, 4.69) is 54.4 Å². The number of aryl methyl sites for hydroxylation is 1. The lowest BCUT2D eigenvalue weighted by Crippen LogP contribution is -2.28. The normalized spacial score (nSPS) is 14.8. The molecule has 43 heavy (non-hydrogen) atoms. The van der Waals surface area contributed by atoms with Crippen molar-refractivity contribution in [2.24, 2.45) is 0 Å². The highest BCUT2D eigenvalue weighted by molar-refractivity contribution is 5.87. The molecule has 2 aromatic heterocycles. The van der Waals surface area contributed by atoms with Crippen LogP contribution < -0.4 is 0 Å². The van der Waals surface area contributed by atoms with Gasteiger partial charge in [-0.25, -0.2) is 15.0 Å². The van der Waals surface area contributed by atoms with Gasteiger partial charge in [0.1, 0.15) is 0 Å². The SMILES string of the molecule is Cc1ccc2c(c1)C1(CCCCC1)c1cc(-c3ccncc3-c3nc(-c4ccccc4)nc(-c4ccccc4)n3)ccc1-2. The molecule has 1 saturated carbocycles. The van der Waals surface area contributed by atoms with E-state index in [1.54, 1.807) is 0 Å². The van der Waals surface area contributed by atoms with Crippen LogP contribution in [0.2, 0.25) is 0 Å². The number of aromatic nitrogens is 4. The molecule has 4 aromatic carbocycles. The Morgan fingerprint density at radius 3 is 1.79 bits per heavy atom. The fraction of sp³-hybridized carbons (Fsp3) is 0.179. The highest BCUT2D eigenvalue weighted by Gasteiger charge is 2.43.